The summed E-state index contributed by atoms with van der Waals surface area (Å²) >= 11 is 0. The maximum atomic E-state index is 12.8. The molecule has 0 bridgehead atoms. The number of quaternary nitrogens is 1. The molecule has 2 unspecified atom stereocenters. The number of ether oxygens (including phenoxy) is 2. The molecule has 0 saturated carbocycles. The fraction of sp³-hybridized carbons (Fsp3) is 0.633. The van der Waals surface area contributed by atoms with E-state index >= 15 is 0 Å². The van der Waals surface area contributed by atoms with Crippen molar-refractivity contribution in [1.82, 2.24) is 0 Å². The van der Waals surface area contributed by atoms with Crippen LogP contribution in [0.2, 0.25) is 0 Å². The van der Waals surface area contributed by atoms with E-state index in [2.05, 4.69) is 135 Å². The Hall–Kier alpha value is -3.59. The molecular weight excluding hydrogens is 894 g/mol. The van der Waals surface area contributed by atoms with Gasteiger partial charge in [-0.25, -0.2) is 4.57 Å². The Morgan fingerprint density at radius 1 is 0.457 bits per heavy atom. The van der Waals surface area contributed by atoms with Crippen LogP contribution in [-0.4, -0.2) is 74.9 Å². The topological polar surface area (TPSA) is 108 Å². The van der Waals surface area contributed by atoms with Crippen LogP contribution < -0.4 is 0 Å². The summed E-state index contributed by atoms with van der Waals surface area (Å²) in [4.78, 5) is 35.5. The summed E-state index contributed by atoms with van der Waals surface area (Å²) in [7, 11) is 1.43. The third kappa shape index (κ3) is 53.8. The van der Waals surface area contributed by atoms with Crippen molar-refractivity contribution in [2.24, 2.45) is 0 Å². The first-order valence-corrected chi connectivity index (χ1v) is 28.8. The maximum Gasteiger partial charge on any atom is 0.472 e. The number of phosphoric acid groups is 1. The summed E-state index contributed by atoms with van der Waals surface area (Å²) in [5, 5.41) is 0. The summed E-state index contributed by atoms with van der Waals surface area (Å²) in [6, 6.07) is 0. The molecule has 0 aromatic carbocycles. The molecule has 0 fully saturated rings. The first kappa shape index (κ1) is 66.4. The summed E-state index contributed by atoms with van der Waals surface area (Å²) in [5.41, 5.74) is 0. The van der Waals surface area contributed by atoms with Crippen molar-refractivity contribution in [2.75, 3.05) is 47.5 Å². The zero-order valence-corrected chi connectivity index (χ0v) is 45.8. The van der Waals surface area contributed by atoms with Gasteiger partial charge in [0.25, 0.3) is 0 Å². The molecule has 0 amide bonds. The Kier molecular flexibility index (Phi) is 47.8. The quantitative estimate of drug-likeness (QED) is 0.0211. The lowest BCUT2D eigenvalue weighted by atomic mass is 10.0. The van der Waals surface area contributed by atoms with Crippen LogP contribution in [0.3, 0.4) is 0 Å². The van der Waals surface area contributed by atoms with E-state index in [0.29, 0.717) is 17.4 Å². The predicted octanol–water partition coefficient (Wildman–Crippen LogP) is 16.8. The van der Waals surface area contributed by atoms with Gasteiger partial charge >= 0.3 is 19.8 Å². The van der Waals surface area contributed by atoms with E-state index in [1.165, 1.54) is 64.2 Å². The standard InChI is InChI=1S/C60H100NO8P/c1-6-8-10-12-14-16-18-20-21-22-23-24-25-26-27-28-29-30-31-32-33-34-35-36-37-38-39-41-43-45-47-49-51-53-60(63)69-58(57-68-70(64,65)67-55-54-61(3,4)5)56-66-59(62)52-50-48-46-44-42-40-19-17-15-13-11-9-7-2/h8,10,14,16,20-21,23-24,26-27,29-30,32-33,35-36,38-39,43,45,58H,6-7,9,11-13,15,17-19,22,25,28,31,34,37,40-42,44,46-57H2,1-5H3/p+1/b10-8-,16-14-,21-20-,24-23-,27-26-,30-29-,33-32-,36-35-,39-38-,45-43-. The molecule has 398 valence electrons. The second kappa shape index (κ2) is 50.4. The van der Waals surface area contributed by atoms with E-state index in [4.69, 9.17) is 18.5 Å². The first-order valence-electron chi connectivity index (χ1n) is 27.3. The zero-order valence-electron chi connectivity index (χ0n) is 45.0. The predicted molar refractivity (Wildman–Crippen MR) is 297 cm³/mol. The molecule has 2 atom stereocenters. The van der Waals surface area contributed by atoms with Gasteiger partial charge in [0.2, 0.25) is 0 Å². The number of rotatable bonds is 48. The highest BCUT2D eigenvalue weighted by molar-refractivity contribution is 7.47. The highest BCUT2D eigenvalue weighted by Gasteiger charge is 2.27. The van der Waals surface area contributed by atoms with E-state index in [1.54, 1.807) is 0 Å². The SMILES string of the molecule is CC/C=C\C/C=C\C/C=C\C/C=C\C/C=C\C/C=C\C/C=C\C/C=C\C/C=C\C/C=C\CCCCC(=O)OC(COC(=O)CCCCCCCCCCCCCCC)COP(=O)(O)OCC[N+](C)(C)C. The number of nitrogens with zero attached hydrogens (tertiary/aromatic N) is 1. The monoisotopic (exact) mass is 995 g/mol. The number of allylic oxidation sites excluding steroid dienone is 20. The molecular formula is C60H101NO8P+. The van der Waals surface area contributed by atoms with E-state index in [0.717, 1.165) is 96.3 Å². The van der Waals surface area contributed by atoms with Crippen LogP contribution in [0.4, 0.5) is 0 Å². The van der Waals surface area contributed by atoms with Gasteiger partial charge in [-0.05, 0) is 89.9 Å². The Morgan fingerprint density at radius 3 is 1.21 bits per heavy atom. The largest absolute Gasteiger partial charge is 0.472 e. The highest BCUT2D eigenvalue weighted by Crippen LogP contribution is 2.43. The van der Waals surface area contributed by atoms with Crippen LogP contribution in [0.15, 0.2) is 122 Å². The van der Waals surface area contributed by atoms with Crippen molar-refractivity contribution in [3.05, 3.63) is 122 Å². The smallest absolute Gasteiger partial charge is 0.462 e. The molecule has 10 heteroatoms. The lowest BCUT2D eigenvalue weighted by Crippen LogP contribution is -2.37. The Balaban J connectivity index is 4.30. The van der Waals surface area contributed by atoms with Crippen molar-refractivity contribution in [2.45, 2.75) is 200 Å². The van der Waals surface area contributed by atoms with Crippen molar-refractivity contribution in [1.29, 1.82) is 0 Å². The number of hydrogen-bond acceptors (Lipinski definition) is 7. The minimum Gasteiger partial charge on any atom is -0.462 e. The molecule has 0 aromatic rings. The van der Waals surface area contributed by atoms with Crippen molar-refractivity contribution in [3.63, 3.8) is 0 Å². The third-order valence-corrected chi connectivity index (χ3v) is 12.0. The Morgan fingerprint density at radius 2 is 0.814 bits per heavy atom. The van der Waals surface area contributed by atoms with Crippen LogP contribution in [0.1, 0.15) is 194 Å². The van der Waals surface area contributed by atoms with Crippen LogP contribution in [-0.2, 0) is 32.7 Å². The Labute approximate surface area is 428 Å². The van der Waals surface area contributed by atoms with Gasteiger partial charge in [-0.2, -0.15) is 0 Å². The lowest BCUT2D eigenvalue weighted by Gasteiger charge is -2.24. The molecule has 0 aliphatic carbocycles. The number of hydrogen-bond donors (Lipinski definition) is 1. The van der Waals surface area contributed by atoms with Gasteiger partial charge in [-0.15, -0.1) is 0 Å². The minimum atomic E-state index is -4.40. The molecule has 0 heterocycles. The molecule has 0 aliphatic rings. The van der Waals surface area contributed by atoms with Crippen molar-refractivity contribution >= 4 is 19.8 Å². The maximum absolute atomic E-state index is 12.8. The fourth-order valence-corrected chi connectivity index (χ4v) is 7.55. The van der Waals surface area contributed by atoms with Crippen LogP contribution in [0.25, 0.3) is 0 Å². The zero-order chi connectivity index (χ0) is 51.3. The summed E-state index contributed by atoms with van der Waals surface area (Å²) in [6.45, 7) is 4.24. The van der Waals surface area contributed by atoms with E-state index in [1.807, 2.05) is 21.1 Å². The number of carbonyl (C=O) groups is 2. The molecule has 70 heavy (non-hydrogen) atoms. The summed E-state index contributed by atoms with van der Waals surface area (Å²) in [6.07, 6.45) is 71.3. The van der Waals surface area contributed by atoms with Crippen LogP contribution in [0.5, 0.6) is 0 Å². The van der Waals surface area contributed by atoms with Gasteiger partial charge in [0.05, 0.1) is 27.7 Å². The summed E-state index contributed by atoms with van der Waals surface area (Å²) in [5.74, 6) is -0.856. The fourth-order valence-electron chi connectivity index (χ4n) is 6.81. The molecule has 9 nitrogen and oxygen atoms in total. The molecule has 0 spiro atoms. The molecule has 0 rings (SSSR count). The second-order valence-corrected chi connectivity index (χ2v) is 20.3. The van der Waals surface area contributed by atoms with Crippen LogP contribution in [0, 0.1) is 0 Å². The van der Waals surface area contributed by atoms with E-state index in [-0.39, 0.29) is 32.0 Å². The van der Waals surface area contributed by atoms with Gasteiger partial charge in [-0.3, -0.25) is 18.6 Å². The number of esters is 2. The average Bonchev–Trinajstić information content (AvgIpc) is 3.32. The second-order valence-electron chi connectivity index (χ2n) is 18.9. The number of carbonyl (C=O) groups excluding carboxylic acids is 2. The van der Waals surface area contributed by atoms with Gasteiger partial charge in [0.1, 0.15) is 19.8 Å². The highest BCUT2D eigenvalue weighted by atomic mass is 31.2. The molecule has 0 saturated heterocycles. The van der Waals surface area contributed by atoms with E-state index in [9.17, 15) is 19.0 Å². The van der Waals surface area contributed by atoms with Gasteiger partial charge in [0.15, 0.2) is 6.10 Å². The average molecular weight is 995 g/mol. The number of unbranched alkanes of at least 4 members (excludes halogenated alkanes) is 14. The number of likely N-dealkylation sites (N-methyl/N-ethyl adjacent to an activating group) is 1. The van der Waals surface area contributed by atoms with E-state index < -0.39 is 26.5 Å². The number of phosphoric ester groups is 1. The normalized spacial score (nSPS) is 14.3. The van der Waals surface area contributed by atoms with Gasteiger partial charge in [0, 0.05) is 12.8 Å². The molecule has 0 aromatic heterocycles. The third-order valence-electron chi connectivity index (χ3n) is 11.0. The summed E-state index contributed by atoms with van der Waals surface area (Å²) < 4.78 is 34.4. The molecule has 0 aliphatic heterocycles. The molecule has 0 radical (unpaired) electrons. The molecule has 1 N–H and O–H groups in total. The van der Waals surface area contributed by atoms with Gasteiger partial charge in [-0.1, -0.05) is 212 Å². The lowest BCUT2D eigenvalue weighted by molar-refractivity contribution is -0.870. The first-order chi connectivity index (χ1) is 34.0. The van der Waals surface area contributed by atoms with Gasteiger partial charge < -0.3 is 18.9 Å². The van der Waals surface area contributed by atoms with Crippen molar-refractivity contribution in [3.8, 4) is 0 Å². The van der Waals surface area contributed by atoms with Crippen molar-refractivity contribution < 1.29 is 42.1 Å². The van der Waals surface area contributed by atoms with Crippen LogP contribution >= 0.6 is 7.82 Å². The Bertz CT molecular complexity index is 1590. The minimum absolute atomic E-state index is 0.0175.